The van der Waals surface area contributed by atoms with Crippen LogP contribution in [0.2, 0.25) is 0 Å². The fourth-order valence-electron chi connectivity index (χ4n) is 1.17. The quantitative estimate of drug-likeness (QED) is 0.798. The number of aryl methyl sites for hydroxylation is 1. The van der Waals surface area contributed by atoms with Crippen LogP contribution in [0.15, 0.2) is 12.1 Å². The highest BCUT2D eigenvalue weighted by molar-refractivity contribution is 5.97. The molecule has 0 saturated carbocycles. The Morgan fingerprint density at radius 3 is 2.47 bits per heavy atom. The molecule has 92 valence electrons. The molecule has 0 heterocycles. The number of hydrogen-bond acceptors (Lipinski definition) is 3. The molecule has 0 bridgehead atoms. The van der Waals surface area contributed by atoms with E-state index in [2.05, 4.69) is 4.74 Å². The third-order valence-corrected chi connectivity index (χ3v) is 2.01. The first-order valence-electron chi connectivity index (χ1n) is 4.70. The number of rotatable bonds is 5. The molecule has 0 aliphatic rings. The zero-order valence-corrected chi connectivity index (χ0v) is 9.00. The van der Waals surface area contributed by atoms with E-state index >= 15 is 0 Å². The molecule has 0 spiro atoms. The Kier molecular flexibility index (Phi) is 4.28. The summed E-state index contributed by atoms with van der Waals surface area (Å²) in [6, 6.07) is 1.68. The summed E-state index contributed by atoms with van der Waals surface area (Å²) in [5.41, 5.74) is -0.357. The largest absolute Gasteiger partial charge is 0.480 e. The van der Waals surface area contributed by atoms with Gasteiger partial charge in [-0.05, 0) is 24.6 Å². The van der Waals surface area contributed by atoms with Gasteiger partial charge in [-0.25, -0.2) is 13.6 Å². The topological polar surface area (TPSA) is 63.6 Å². The molecule has 0 unspecified atom stereocenters. The summed E-state index contributed by atoms with van der Waals surface area (Å²) < 4.78 is 30.9. The standard InChI is InChI=1S/C11H10F2O4/c1-6-2-9(13)7(3-8(6)12)10(14)4-17-5-11(15)16/h2-3H,4-5H2,1H3,(H,15,16). The van der Waals surface area contributed by atoms with Gasteiger partial charge in [0.1, 0.15) is 24.8 Å². The van der Waals surface area contributed by atoms with Crippen LogP contribution in [0.3, 0.4) is 0 Å². The Labute approximate surface area is 95.8 Å². The molecule has 1 N–H and O–H groups in total. The summed E-state index contributed by atoms with van der Waals surface area (Å²) in [5.74, 6) is -3.60. The Hall–Kier alpha value is -1.82. The molecule has 6 heteroatoms. The van der Waals surface area contributed by atoms with Crippen LogP contribution in [0.1, 0.15) is 15.9 Å². The van der Waals surface area contributed by atoms with E-state index in [-0.39, 0.29) is 5.56 Å². The molecule has 0 aliphatic heterocycles. The van der Waals surface area contributed by atoms with E-state index in [4.69, 9.17) is 5.11 Å². The number of carbonyl (C=O) groups is 2. The highest BCUT2D eigenvalue weighted by Gasteiger charge is 2.15. The molecule has 17 heavy (non-hydrogen) atoms. The summed E-state index contributed by atoms with van der Waals surface area (Å²) in [6.45, 7) is 0.0982. The summed E-state index contributed by atoms with van der Waals surface area (Å²) in [5, 5.41) is 8.26. The minimum atomic E-state index is -1.24. The number of ketones is 1. The normalized spacial score (nSPS) is 10.3. The summed E-state index contributed by atoms with van der Waals surface area (Å²) in [7, 11) is 0. The molecule has 1 rings (SSSR count). The first-order valence-corrected chi connectivity index (χ1v) is 4.70. The lowest BCUT2D eigenvalue weighted by atomic mass is 10.1. The molecule has 0 atom stereocenters. The second-order valence-electron chi connectivity index (χ2n) is 3.39. The van der Waals surface area contributed by atoms with Crippen molar-refractivity contribution in [2.24, 2.45) is 0 Å². The van der Waals surface area contributed by atoms with Crippen LogP contribution < -0.4 is 0 Å². The molecular formula is C11H10F2O4. The molecule has 0 amide bonds. The van der Waals surface area contributed by atoms with Crippen LogP contribution in [-0.4, -0.2) is 30.1 Å². The van der Waals surface area contributed by atoms with Gasteiger partial charge < -0.3 is 9.84 Å². The first-order chi connectivity index (χ1) is 7.91. The van der Waals surface area contributed by atoms with Crippen molar-refractivity contribution in [1.82, 2.24) is 0 Å². The van der Waals surface area contributed by atoms with E-state index in [9.17, 15) is 18.4 Å². The van der Waals surface area contributed by atoms with Crippen molar-refractivity contribution in [3.8, 4) is 0 Å². The van der Waals surface area contributed by atoms with Crippen LogP contribution >= 0.6 is 0 Å². The van der Waals surface area contributed by atoms with Gasteiger partial charge in [-0.15, -0.1) is 0 Å². The zero-order chi connectivity index (χ0) is 13.0. The number of hydrogen-bond donors (Lipinski definition) is 1. The fraction of sp³-hybridized carbons (Fsp3) is 0.273. The van der Waals surface area contributed by atoms with E-state index in [0.717, 1.165) is 12.1 Å². The fourth-order valence-corrected chi connectivity index (χ4v) is 1.17. The second kappa shape index (κ2) is 5.49. The van der Waals surface area contributed by atoms with E-state index in [1.54, 1.807) is 0 Å². The van der Waals surface area contributed by atoms with Crippen LogP contribution in [0, 0.1) is 18.6 Å². The van der Waals surface area contributed by atoms with Gasteiger partial charge >= 0.3 is 5.97 Å². The minimum Gasteiger partial charge on any atom is -0.480 e. The van der Waals surface area contributed by atoms with E-state index < -0.39 is 42.2 Å². The molecule has 0 aromatic heterocycles. The Balaban J connectivity index is 2.75. The number of carboxylic acids is 1. The van der Waals surface area contributed by atoms with E-state index in [0.29, 0.717) is 0 Å². The first kappa shape index (κ1) is 13.2. The zero-order valence-electron chi connectivity index (χ0n) is 9.00. The van der Waals surface area contributed by atoms with Crippen LogP contribution in [0.25, 0.3) is 0 Å². The van der Waals surface area contributed by atoms with Crippen molar-refractivity contribution in [3.63, 3.8) is 0 Å². The highest BCUT2D eigenvalue weighted by atomic mass is 19.1. The van der Waals surface area contributed by atoms with Crippen LogP contribution in [-0.2, 0) is 9.53 Å². The molecule has 1 aromatic rings. The molecule has 0 aliphatic carbocycles. The van der Waals surface area contributed by atoms with Crippen molar-refractivity contribution in [2.75, 3.05) is 13.2 Å². The Morgan fingerprint density at radius 2 is 1.88 bits per heavy atom. The molecule has 1 aromatic carbocycles. The Morgan fingerprint density at radius 1 is 1.24 bits per heavy atom. The van der Waals surface area contributed by atoms with Crippen LogP contribution in [0.5, 0.6) is 0 Å². The van der Waals surface area contributed by atoms with Gasteiger partial charge in [-0.2, -0.15) is 0 Å². The van der Waals surface area contributed by atoms with Gasteiger partial charge in [-0.3, -0.25) is 4.79 Å². The third-order valence-electron chi connectivity index (χ3n) is 2.01. The number of carbonyl (C=O) groups excluding carboxylic acids is 1. The smallest absolute Gasteiger partial charge is 0.329 e. The van der Waals surface area contributed by atoms with Gasteiger partial charge in [-0.1, -0.05) is 0 Å². The van der Waals surface area contributed by atoms with Gasteiger partial charge in [0.15, 0.2) is 5.78 Å². The monoisotopic (exact) mass is 244 g/mol. The molecule has 0 saturated heterocycles. The Bertz CT molecular complexity index is 457. The van der Waals surface area contributed by atoms with E-state index in [1.807, 2.05) is 0 Å². The maximum Gasteiger partial charge on any atom is 0.329 e. The van der Waals surface area contributed by atoms with Crippen molar-refractivity contribution >= 4 is 11.8 Å². The molecule has 0 radical (unpaired) electrons. The molecular weight excluding hydrogens is 234 g/mol. The van der Waals surface area contributed by atoms with Gasteiger partial charge in [0.2, 0.25) is 0 Å². The lowest BCUT2D eigenvalue weighted by Gasteiger charge is -2.04. The van der Waals surface area contributed by atoms with Crippen molar-refractivity contribution in [2.45, 2.75) is 6.92 Å². The summed E-state index contributed by atoms with van der Waals surface area (Å²) >= 11 is 0. The number of Topliss-reactive ketones (excluding diaryl/α,β-unsaturated/α-hetero) is 1. The van der Waals surface area contributed by atoms with Crippen molar-refractivity contribution in [3.05, 3.63) is 34.9 Å². The number of benzene rings is 1. The molecule has 0 fully saturated rings. The predicted molar refractivity (Wildman–Crippen MR) is 53.9 cm³/mol. The van der Waals surface area contributed by atoms with Crippen molar-refractivity contribution < 1.29 is 28.2 Å². The van der Waals surface area contributed by atoms with Gasteiger partial charge in [0, 0.05) is 0 Å². The minimum absolute atomic E-state index is 0.0884. The highest BCUT2D eigenvalue weighted by Crippen LogP contribution is 2.14. The van der Waals surface area contributed by atoms with Gasteiger partial charge in [0.25, 0.3) is 0 Å². The summed E-state index contributed by atoms with van der Waals surface area (Å²) in [6.07, 6.45) is 0. The number of halogens is 2. The SMILES string of the molecule is Cc1cc(F)c(C(=O)COCC(=O)O)cc1F. The number of aliphatic carboxylic acids is 1. The van der Waals surface area contributed by atoms with Gasteiger partial charge in [0.05, 0.1) is 5.56 Å². The maximum atomic E-state index is 13.3. The lowest BCUT2D eigenvalue weighted by Crippen LogP contribution is -2.15. The van der Waals surface area contributed by atoms with Crippen LogP contribution in [0.4, 0.5) is 8.78 Å². The molecule has 4 nitrogen and oxygen atoms in total. The second-order valence-corrected chi connectivity index (χ2v) is 3.39. The van der Waals surface area contributed by atoms with E-state index in [1.165, 1.54) is 6.92 Å². The predicted octanol–water partition coefficient (Wildman–Crippen LogP) is 1.56. The maximum absolute atomic E-state index is 13.3. The third kappa shape index (κ3) is 3.60. The average molecular weight is 244 g/mol. The summed E-state index contributed by atoms with van der Waals surface area (Å²) in [4.78, 5) is 21.5. The average Bonchev–Trinajstić information content (AvgIpc) is 2.22. The number of ether oxygens (including phenoxy) is 1. The van der Waals surface area contributed by atoms with Crippen molar-refractivity contribution in [1.29, 1.82) is 0 Å². The lowest BCUT2D eigenvalue weighted by molar-refractivity contribution is -0.141. The number of carboxylic acid groups (broad SMARTS) is 1.